The van der Waals surface area contributed by atoms with Crippen molar-refractivity contribution >= 4 is 0 Å². The molecule has 0 fully saturated rings. The first-order valence-electron chi connectivity index (χ1n) is 7.27. The first kappa shape index (κ1) is 13.6. The first-order chi connectivity index (χ1) is 8.46. The zero-order chi connectivity index (χ0) is 13.2. The second-order valence-electron chi connectivity index (χ2n) is 7.01. The van der Waals surface area contributed by atoms with E-state index in [1.54, 1.807) is 11.1 Å². The van der Waals surface area contributed by atoms with Gasteiger partial charge in [0.05, 0.1) is 0 Å². The molecule has 1 aliphatic rings. The van der Waals surface area contributed by atoms with Gasteiger partial charge in [0, 0.05) is 18.5 Å². The van der Waals surface area contributed by atoms with Crippen LogP contribution in [0.5, 0.6) is 0 Å². The summed E-state index contributed by atoms with van der Waals surface area (Å²) in [6.45, 7) is 10.4. The Balaban J connectivity index is 1.71. The Bertz CT molecular complexity index is 389. The van der Waals surface area contributed by atoms with Gasteiger partial charge in [-0.15, -0.1) is 0 Å². The number of fused-ring (bicyclic) bond motifs is 1. The Morgan fingerprint density at radius 1 is 1.28 bits per heavy atom. The van der Waals surface area contributed by atoms with Crippen LogP contribution in [0.25, 0.3) is 0 Å². The highest BCUT2D eigenvalue weighted by atomic mass is 14.9. The minimum atomic E-state index is 0.457. The topological polar surface area (TPSA) is 12.0 Å². The molecule has 0 amide bonds. The molecule has 1 aromatic rings. The lowest BCUT2D eigenvalue weighted by Gasteiger charge is -2.31. The molecule has 1 heteroatoms. The van der Waals surface area contributed by atoms with E-state index in [1.165, 1.54) is 19.3 Å². The Morgan fingerprint density at radius 3 is 2.67 bits per heavy atom. The average Bonchev–Trinajstić information content (AvgIpc) is 2.27. The van der Waals surface area contributed by atoms with E-state index in [0.717, 1.165) is 12.5 Å². The number of benzene rings is 1. The Morgan fingerprint density at radius 2 is 2.00 bits per heavy atom. The number of rotatable bonds is 5. The van der Waals surface area contributed by atoms with E-state index in [1.807, 2.05) is 0 Å². The highest BCUT2D eigenvalue weighted by Gasteiger charge is 2.25. The number of nitrogens with one attached hydrogen (secondary N) is 1. The van der Waals surface area contributed by atoms with Gasteiger partial charge in [-0.1, -0.05) is 45.0 Å². The van der Waals surface area contributed by atoms with Gasteiger partial charge in [-0.05, 0) is 42.7 Å². The zero-order valence-electron chi connectivity index (χ0n) is 12.3. The molecule has 100 valence electrons. The second-order valence-corrected chi connectivity index (χ2v) is 7.01. The third-order valence-corrected chi connectivity index (χ3v) is 4.00. The van der Waals surface area contributed by atoms with Gasteiger partial charge in [0.15, 0.2) is 0 Å². The fourth-order valence-electron chi connectivity index (χ4n) is 2.64. The number of hydrogen-bond acceptors (Lipinski definition) is 1. The fourth-order valence-corrected chi connectivity index (χ4v) is 2.64. The summed E-state index contributed by atoms with van der Waals surface area (Å²) in [5.74, 6) is 0.748. The second kappa shape index (κ2) is 5.44. The van der Waals surface area contributed by atoms with Crippen LogP contribution in [0, 0.1) is 5.41 Å². The molecule has 2 rings (SSSR count). The molecule has 0 radical (unpaired) electrons. The summed E-state index contributed by atoms with van der Waals surface area (Å²) in [7, 11) is 0. The molecule has 2 unspecified atom stereocenters. The molecule has 0 saturated carbocycles. The van der Waals surface area contributed by atoms with Crippen LogP contribution < -0.4 is 5.32 Å². The van der Waals surface area contributed by atoms with Gasteiger partial charge < -0.3 is 5.32 Å². The Kier molecular flexibility index (Phi) is 4.11. The van der Waals surface area contributed by atoms with Gasteiger partial charge in [-0.3, -0.25) is 0 Å². The van der Waals surface area contributed by atoms with E-state index in [-0.39, 0.29) is 0 Å². The molecule has 0 spiro atoms. The minimum Gasteiger partial charge on any atom is -0.314 e. The largest absolute Gasteiger partial charge is 0.314 e. The van der Waals surface area contributed by atoms with Crippen molar-refractivity contribution in [3.63, 3.8) is 0 Å². The van der Waals surface area contributed by atoms with E-state index in [9.17, 15) is 0 Å². The highest BCUT2D eigenvalue weighted by Crippen LogP contribution is 2.34. The zero-order valence-corrected chi connectivity index (χ0v) is 12.3. The van der Waals surface area contributed by atoms with Crippen molar-refractivity contribution in [1.82, 2.24) is 5.32 Å². The third kappa shape index (κ3) is 3.58. The van der Waals surface area contributed by atoms with E-state index in [0.29, 0.717) is 11.5 Å². The van der Waals surface area contributed by atoms with Crippen LogP contribution in [-0.4, -0.2) is 12.6 Å². The summed E-state index contributed by atoms with van der Waals surface area (Å²) >= 11 is 0. The molecule has 1 aliphatic carbocycles. The monoisotopic (exact) mass is 245 g/mol. The van der Waals surface area contributed by atoms with Crippen molar-refractivity contribution in [3.8, 4) is 0 Å². The molecule has 0 bridgehead atoms. The molecular formula is C17H27N. The summed E-state index contributed by atoms with van der Waals surface area (Å²) < 4.78 is 0. The number of hydrogen-bond donors (Lipinski definition) is 1. The molecule has 0 saturated heterocycles. The van der Waals surface area contributed by atoms with E-state index in [2.05, 4.69) is 57.3 Å². The van der Waals surface area contributed by atoms with Crippen LogP contribution in [-0.2, 0) is 6.42 Å². The lowest BCUT2D eigenvalue weighted by Crippen LogP contribution is -2.35. The van der Waals surface area contributed by atoms with Crippen LogP contribution in [0.2, 0.25) is 0 Å². The van der Waals surface area contributed by atoms with Crippen LogP contribution in [0.15, 0.2) is 24.3 Å². The standard InChI is InChI=1S/C17H27N/c1-13(9-10-17(2,3)4)18-12-15-11-14-7-5-6-8-16(14)15/h5-8,13,15,18H,9-12H2,1-4H3. The molecule has 18 heavy (non-hydrogen) atoms. The predicted molar refractivity (Wildman–Crippen MR) is 79.0 cm³/mol. The maximum atomic E-state index is 3.70. The van der Waals surface area contributed by atoms with Gasteiger partial charge in [0.2, 0.25) is 0 Å². The lowest BCUT2D eigenvalue weighted by atomic mass is 9.77. The van der Waals surface area contributed by atoms with Crippen molar-refractivity contribution in [2.75, 3.05) is 6.54 Å². The van der Waals surface area contributed by atoms with E-state index in [4.69, 9.17) is 0 Å². The molecule has 2 atom stereocenters. The average molecular weight is 245 g/mol. The van der Waals surface area contributed by atoms with Crippen molar-refractivity contribution in [1.29, 1.82) is 0 Å². The summed E-state index contributed by atoms with van der Waals surface area (Å²) in [6.07, 6.45) is 3.83. The highest BCUT2D eigenvalue weighted by molar-refractivity contribution is 5.40. The van der Waals surface area contributed by atoms with Gasteiger partial charge in [0.25, 0.3) is 0 Å². The normalized spacial score (nSPS) is 20.1. The Hall–Kier alpha value is -0.820. The van der Waals surface area contributed by atoms with Crippen molar-refractivity contribution in [3.05, 3.63) is 35.4 Å². The lowest BCUT2D eigenvalue weighted by molar-refractivity contribution is 0.332. The smallest absolute Gasteiger partial charge is 0.00391 e. The van der Waals surface area contributed by atoms with Crippen molar-refractivity contribution in [2.45, 2.75) is 58.9 Å². The van der Waals surface area contributed by atoms with Gasteiger partial charge in [0.1, 0.15) is 0 Å². The first-order valence-corrected chi connectivity index (χ1v) is 7.27. The quantitative estimate of drug-likeness (QED) is 0.822. The van der Waals surface area contributed by atoms with Crippen LogP contribution in [0.1, 0.15) is 57.6 Å². The summed E-state index contributed by atoms with van der Waals surface area (Å²) in [5.41, 5.74) is 3.57. The van der Waals surface area contributed by atoms with Crippen molar-refractivity contribution in [2.24, 2.45) is 5.41 Å². The molecule has 0 aromatic heterocycles. The van der Waals surface area contributed by atoms with Crippen LogP contribution >= 0.6 is 0 Å². The summed E-state index contributed by atoms with van der Waals surface area (Å²) in [6, 6.07) is 9.49. The summed E-state index contributed by atoms with van der Waals surface area (Å²) in [4.78, 5) is 0. The molecule has 0 aliphatic heterocycles. The van der Waals surface area contributed by atoms with E-state index < -0.39 is 0 Å². The summed E-state index contributed by atoms with van der Waals surface area (Å²) in [5, 5.41) is 3.70. The molecule has 0 heterocycles. The molecule has 1 nitrogen and oxygen atoms in total. The van der Waals surface area contributed by atoms with E-state index >= 15 is 0 Å². The molecule has 1 aromatic carbocycles. The van der Waals surface area contributed by atoms with Crippen molar-refractivity contribution < 1.29 is 0 Å². The minimum absolute atomic E-state index is 0.457. The Labute approximate surface area is 112 Å². The van der Waals surface area contributed by atoms with Gasteiger partial charge in [-0.25, -0.2) is 0 Å². The predicted octanol–water partition coefficient (Wildman–Crippen LogP) is 4.13. The fraction of sp³-hybridized carbons (Fsp3) is 0.647. The third-order valence-electron chi connectivity index (χ3n) is 4.00. The maximum absolute atomic E-state index is 3.70. The van der Waals surface area contributed by atoms with Gasteiger partial charge in [-0.2, -0.15) is 0 Å². The SMILES string of the molecule is CC(CCC(C)(C)C)NCC1Cc2ccccc21. The molecular weight excluding hydrogens is 218 g/mol. The molecule has 1 N–H and O–H groups in total. The maximum Gasteiger partial charge on any atom is 0.00391 e. The van der Waals surface area contributed by atoms with Crippen LogP contribution in [0.4, 0.5) is 0 Å². The van der Waals surface area contributed by atoms with Gasteiger partial charge >= 0.3 is 0 Å². The van der Waals surface area contributed by atoms with Crippen LogP contribution in [0.3, 0.4) is 0 Å².